The van der Waals surface area contributed by atoms with Crippen LogP contribution in [0.25, 0.3) is 0 Å². The summed E-state index contributed by atoms with van der Waals surface area (Å²) in [6.45, 7) is 4.48. The molecule has 48 heavy (non-hydrogen) atoms. The van der Waals surface area contributed by atoms with Crippen molar-refractivity contribution < 1.29 is 38.2 Å². The van der Waals surface area contributed by atoms with Gasteiger partial charge in [0.15, 0.2) is 6.10 Å². The maximum Gasteiger partial charge on any atom is 0.306 e. The summed E-state index contributed by atoms with van der Waals surface area (Å²) in [7, 11) is 5.38. The quantitative estimate of drug-likeness (QED) is 0.0299. The Morgan fingerprint density at radius 2 is 1.17 bits per heavy atom. The lowest BCUT2D eigenvalue weighted by Gasteiger charge is -2.34. The van der Waals surface area contributed by atoms with E-state index < -0.39 is 18.1 Å². The highest BCUT2D eigenvalue weighted by Gasteiger charge is 2.25. The molecule has 0 aliphatic carbocycles. The van der Waals surface area contributed by atoms with Crippen molar-refractivity contribution in [1.82, 2.24) is 0 Å². The first kappa shape index (κ1) is 45.6. The fraction of sp³-hybridized carbons (Fsp3) is 0.775. The maximum atomic E-state index is 12.6. The van der Waals surface area contributed by atoms with Gasteiger partial charge in [0.2, 0.25) is 0 Å². The lowest BCUT2D eigenvalue weighted by Crippen LogP contribution is -2.55. The van der Waals surface area contributed by atoms with E-state index in [1.165, 1.54) is 51.4 Å². The fourth-order valence-electron chi connectivity index (χ4n) is 5.36. The Morgan fingerprint density at radius 1 is 0.646 bits per heavy atom. The van der Waals surface area contributed by atoms with E-state index >= 15 is 0 Å². The van der Waals surface area contributed by atoms with Crippen molar-refractivity contribution in [2.24, 2.45) is 0 Å². The van der Waals surface area contributed by atoms with E-state index in [2.05, 4.69) is 38.2 Å². The summed E-state index contributed by atoms with van der Waals surface area (Å²) < 4.78 is 17.1. The van der Waals surface area contributed by atoms with Crippen LogP contribution in [-0.4, -0.2) is 75.5 Å². The molecule has 8 nitrogen and oxygen atoms in total. The van der Waals surface area contributed by atoms with Crippen LogP contribution in [0.1, 0.15) is 149 Å². The molecule has 2 atom stereocenters. The van der Waals surface area contributed by atoms with Crippen LogP contribution in [0.3, 0.4) is 0 Å². The second-order valence-corrected chi connectivity index (χ2v) is 13.9. The van der Waals surface area contributed by atoms with Crippen LogP contribution in [0.15, 0.2) is 36.5 Å². The Balaban J connectivity index is 4.46. The Labute approximate surface area is 293 Å². The zero-order valence-electron chi connectivity index (χ0n) is 31.4. The van der Waals surface area contributed by atoms with E-state index in [4.69, 9.17) is 14.2 Å². The van der Waals surface area contributed by atoms with Gasteiger partial charge >= 0.3 is 11.9 Å². The highest BCUT2D eigenvalue weighted by Crippen LogP contribution is 2.13. The predicted octanol–water partition coefficient (Wildman–Crippen LogP) is 8.18. The number of rotatable bonds is 33. The molecule has 0 aromatic carbocycles. The molecule has 2 unspecified atom stereocenters. The van der Waals surface area contributed by atoms with Gasteiger partial charge in [-0.25, -0.2) is 0 Å². The van der Waals surface area contributed by atoms with Gasteiger partial charge in [0.05, 0.1) is 40.3 Å². The van der Waals surface area contributed by atoms with Crippen molar-refractivity contribution >= 4 is 17.9 Å². The molecular weight excluding hydrogens is 606 g/mol. The highest BCUT2D eigenvalue weighted by atomic mass is 16.6. The van der Waals surface area contributed by atoms with E-state index in [1.54, 1.807) is 21.1 Å². The summed E-state index contributed by atoms with van der Waals surface area (Å²) in [6, 6.07) is -0.726. The highest BCUT2D eigenvalue weighted by molar-refractivity contribution is 5.70. The Morgan fingerprint density at radius 3 is 1.71 bits per heavy atom. The predicted molar refractivity (Wildman–Crippen MR) is 194 cm³/mol. The van der Waals surface area contributed by atoms with Crippen LogP contribution in [-0.2, 0) is 28.6 Å². The van der Waals surface area contributed by atoms with Crippen LogP contribution >= 0.6 is 0 Å². The molecule has 0 radical (unpaired) electrons. The van der Waals surface area contributed by atoms with Gasteiger partial charge < -0.3 is 28.6 Å². The molecule has 0 aromatic rings. The number of carbonyl (C=O) groups is 3. The number of carboxylic acid groups (broad SMARTS) is 1. The molecule has 0 saturated carbocycles. The van der Waals surface area contributed by atoms with Gasteiger partial charge in [-0.15, -0.1) is 0 Å². The zero-order valence-corrected chi connectivity index (χ0v) is 31.4. The summed E-state index contributed by atoms with van der Waals surface area (Å²) in [5.41, 5.74) is 0. The number of likely N-dealkylation sites (N-methyl/N-ethyl adjacent to an activating group) is 1. The number of quaternary nitrogens is 1. The van der Waals surface area contributed by atoms with Crippen LogP contribution in [0.5, 0.6) is 0 Å². The number of ether oxygens (including phenoxy) is 3. The van der Waals surface area contributed by atoms with Crippen molar-refractivity contribution in [1.29, 1.82) is 0 Å². The molecular formula is C40H71NO7. The third-order valence-electron chi connectivity index (χ3n) is 8.35. The number of hydrogen-bond acceptors (Lipinski definition) is 7. The number of allylic oxidation sites excluding steroid dienone is 6. The Hall–Kier alpha value is -2.45. The van der Waals surface area contributed by atoms with Crippen LogP contribution in [0, 0.1) is 0 Å². The van der Waals surface area contributed by atoms with Gasteiger partial charge in [-0.2, -0.15) is 0 Å². The summed E-state index contributed by atoms with van der Waals surface area (Å²) in [5.74, 6) is -1.77. The maximum absolute atomic E-state index is 12.6. The van der Waals surface area contributed by atoms with Crippen LogP contribution in [0.2, 0.25) is 0 Å². The smallest absolute Gasteiger partial charge is 0.306 e. The molecule has 0 N–H and O–H groups in total. The van der Waals surface area contributed by atoms with E-state index in [1.807, 2.05) is 12.2 Å². The Kier molecular flexibility index (Phi) is 30.2. The van der Waals surface area contributed by atoms with Crippen molar-refractivity contribution in [3.05, 3.63) is 36.5 Å². The average Bonchev–Trinajstić information content (AvgIpc) is 3.03. The van der Waals surface area contributed by atoms with E-state index in [0.29, 0.717) is 12.8 Å². The zero-order chi connectivity index (χ0) is 35.7. The van der Waals surface area contributed by atoms with Crippen LogP contribution < -0.4 is 5.11 Å². The summed E-state index contributed by atoms with van der Waals surface area (Å²) >= 11 is 0. The topological polar surface area (TPSA) is 102 Å². The number of carboxylic acids is 1. The van der Waals surface area contributed by atoms with Gasteiger partial charge in [0, 0.05) is 19.3 Å². The van der Waals surface area contributed by atoms with Gasteiger partial charge in [0.1, 0.15) is 12.6 Å². The summed E-state index contributed by atoms with van der Waals surface area (Å²) in [5, 5.41) is 11.6. The standard InChI is InChI=1S/C40H71NO7/c1-6-8-10-12-14-16-18-19-21-23-25-27-29-31-39(43)48-36(34-46-33-32-37(40(44)45)41(3,4)5)35-47-38(42)30-28-26-24-22-20-17-15-13-11-9-7-2/h8,10,12,14,16,18,36-37H,6-7,9,11,13,15,17,19-35H2,1-5H3/b10-8+,14-12+,18-16+. The number of carbonyl (C=O) groups excluding carboxylic acids is 3. The average molecular weight is 678 g/mol. The molecule has 0 spiro atoms. The normalized spacial score (nSPS) is 13.4. The number of unbranched alkanes of at least 4 members (excludes halogenated alkanes) is 15. The summed E-state index contributed by atoms with van der Waals surface area (Å²) in [6.07, 6.45) is 33.1. The van der Waals surface area contributed by atoms with E-state index in [0.717, 1.165) is 64.2 Å². The molecule has 0 heterocycles. The van der Waals surface area contributed by atoms with Gasteiger partial charge in [-0.3, -0.25) is 9.59 Å². The van der Waals surface area contributed by atoms with Gasteiger partial charge in [-0.05, 0) is 32.1 Å². The van der Waals surface area contributed by atoms with Gasteiger partial charge in [-0.1, -0.05) is 134 Å². The minimum Gasteiger partial charge on any atom is -0.544 e. The third kappa shape index (κ3) is 29.7. The minimum atomic E-state index is -1.13. The minimum absolute atomic E-state index is 0.0337. The molecule has 0 fully saturated rings. The molecule has 0 amide bonds. The van der Waals surface area contributed by atoms with E-state index in [-0.39, 0.29) is 42.7 Å². The fourth-order valence-corrected chi connectivity index (χ4v) is 5.36. The van der Waals surface area contributed by atoms with Crippen molar-refractivity contribution in [3.63, 3.8) is 0 Å². The number of esters is 2. The number of hydrogen-bond donors (Lipinski definition) is 0. The van der Waals surface area contributed by atoms with Gasteiger partial charge in [0.25, 0.3) is 0 Å². The number of nitrogens with zero attached hydrogens (tertiary/aromatic N) is 1. The van der Waals surface area contributed by atoms with Crippen molar-refractivity contribution in [2.75, 3.05) is 41.0 Å². The summed E-state index contributed by atoms with van der Waals surface area (Å²) in [4.78, 5) is 36.6. The molecule has 0 bridgehead atoms. The second-order valence-electron chi connectivity index (χ2n) is 13.9. The SMILES string of the molecule is CC/C=C/C=C/C=C/CCCCCCCC(=O)OC(COCCC(C(=O)[O-])[N+](C)(C)C)COC(=O)CCCCCCCCCCCCC. The van der Waals surface area contributed by atoms with E-state index in [9.17, 15) is 19.5 Å². The van der Waals surface area contributed by atoms with Crippen LogP contribution in [0.4, 0.5) is 0 Å². The molecule has 0 aromatic heterocycles. The first-order chi connectivity index (χ1) is 23.1. The molecule has 8 heteroatoms. The monoisotopic (exact) mass is 678 g/mol. The van der Waals surface area contributed by atoms with Crippen molar-refractivity contribution in [3.8, 4) is 0 Å². The molecule has 0 saturated heterocycles. The lowest BCUT2D eigenvalue weighted by atomic mass is 10.1. The number of aliphatic carboxylic acids is 1. The first-order valence-corrected chi connectivity index (χ1v) is 19.0. The largest absolute Gasteiger partial charge is 0.544 e. The first-order valence-electron chi connectivity index (χ1n) is 19.0. The Bertz CT molecular complexity index is 891. The lowest BCUT2D eigenvalue weighted by molar-refractivity contribution is -0.889. The molecule has 278 valence electrons. The van der Waals surface area contributed by atoms with Crippen molar-refractivity contribution in [2.45, 2.75) is 161 Å². The molecule has 0 rings (SSSR count). The molecule has 0 aliphatic heterocycles. The second kappa shape index (κ2) is 31.8. The molecule has 0 aliphatic rings. The third-order valence-corrected chi connectivity index (χ3v) is 8.35.